The van der Waals surface area contributed by atoms with Crippen LogP contribution in [0.5, 0.6) is 0 Å². The summed E-state index contributed by atoms with van der Waals surface area (Å²) in [7, 11) is 1.83. The highest BCUT2D eigenvalue weighted by molar-refractivity contribution is 5.22. The molecule has 0 fully saturated rings. The molecule has 0 bridgehead atoms. The Morgan fingerprint density at radius 2 is 2.25 bits per heavy atom. The van der Waals surface area contributed by atoms with Crippen molar-refractivity contribution in [3.05, 3.63) is 17.5 Å². The zero-order valence-electron chi connectivity index (χ0n) is 10.1. The van der Waals surface area contributed by atoms with Crippen molar-refractivity contribution < 1.29 is 5.11 Å². The van der Waals surface area contributed by atoms with Crippen LogP contribution in [0.4, 0.5) is 0 Å². The summed E-state index contributed by atoms with van der Waals surface area (Å²) in [4.78, 5) is 0. The Bertz CT molecular complexity index is 378. The average molecular weight is 221 g/mol. The fourth-order valence-electron chi connectivity index (χ4n) is 1.90. The second-order valence-electron chi connectivity index (χ2n) is 4.03. The van der Waals surface area contributed by atoms with Crippen LogP contribution in [-0.2, 0) is 13.5 Å². The number of hydrogen-bond acceptors (Lipinski definition) is 3. The maximum Gasteiger partial charge on any atom is 0.0981 e. The number of aliphatic hydroxyl groups is 1. The largest absolute Gasteiger partial charge is 0.387 e. The van der Waals surface area contributed by atoms with Crippen molar-refractivity contribution >= 4 is 0 Å². The lowest BCUT2D eigenvalue weighted by atomic mass is 9.93. The lowest BCUT2D eigenvalue weighted by Crippen LogP contribution is -2.11. The maximum absolute atomic E-state index is 10.2. The third kappa shape index (κ3) is 2.61. The van der Waals surface area contributed by atoms with Crippen LogP contribution in [0.25, 0.3) is 0 Å². The summed E-state index contributed by atoms with van der Waals surface area (Å²) in [6, 6.07) is 2.17. The first-order valence-electron chi connectivity index (χ1n) is 5.74. The molecule has 2 unspecified atom stereocenters. The summed E-state index contributed by atoms with van der Waals surface area (Å²) >= 11 is 0. The molecule has 1 aromatic heterocycles. The first-order chi connectivity index (χ1) is 7.63. The van der Waals surface area contributed by atoms with Crippen LogP contribution in [0.1, 0.15) is 44.1 Å². The van der Waals surface area contributed by atoms with Crippen molar-refractivity contribution in [1.82, 2.24) is 9.78 Å². The van der Waals surface area contributed by atoms with E-state index in [0.29, 0.717) is 0 Å². The molecule has 0 radical (unpaired) electrons. The van der Waals surface area contributed by atoms with Crippen LogP contribution in [0.2, 0.25) is 0 Å². The molecule has 0 saturated heterocycles. The van der Waals surface area contributed by atoms with Gasteiger partial charge in [-0.05, 0) is 12.8 Å². The van der Waals surface area contributed by atoms with Crippen LogP contribution in [-0.4, -0.2) is 14.9 Å². The Morgan fingerprint density at radius 3 is 2.75 bits per heavy atom. The van der Waals surface area contributed by atoms with Gasteiger partial charge in [0.2, 0.25) is 0 Å². The Balaban J connectivity index is 2.93. The highest BCUT2D eigenvalue weighted by Crippen LogP contribution is 2.27. The number of aryl methyl sites for hydroxylation is 2. The van der Waals surface area contributed by atoms with Gasteiger partial charge in [-0.1, -0.05) is 20.3 Å². The number of hydrogen-bond donors (Lipinski definition) is 1. The SMILES string of the molecule is CCCC(C#N)C(O)c1cn(C)nc1CC. The third-order valence-corrected chi connectivity index (χ3v) is 2.74. The Kier molecular flexibility index (Phi) is 4.51. The van der Waals surface area contributed by atoms with Gasteiger partial charge in [0.25, 0.3) is 0 Å². The molecule has 1 aromatic rings. The van der Waals surface area contributed by atoms with Crippen molar-refractivity contribution in [3.63, 3.8) is 0 Å². The van der Waals surface area contributed by atoms with Crippen LogP contribution < -0.4 is 0 Å². The summed E-state index contributed by atoms with van der Waals surface area (Å²) in [6.07, 6.45) is 3.49. The molecular weight excluding hydrogens is 202 g/mol. The van der Waals surface area contributed by atoms with Gasteiger partial charge in [-0.15, -0.1) is 0 Å². The van der Waals surface area contributed by atoms with E-state index in [2.05, 4.69) is 11.2 Å². The topological polar surface area (TPSA) is 61.8 Å². The smallest absolute Gasteiger partial charge is 0.0981 e. The van der Waals surface area contributed by atoms with Crippen molar-refractivity contribution in [2.24, 2.45) is 13.0 Å². The fourth-order valence-corrected chi connectivity index (χ4v) is 1.90. The molecule has 0 aromatic carbocycles. The lowest BCUT2D eigenvalue weighted by molar-refractivity contribution is 0.129. The van der Waals surface area contributed by atoms with Gasteiger partial charge in [0.1, 0.15) is 0 Å². The van der Waals surface area contributed by atoms with E-state index in [-0.39, 0.29) is 5.92 Å². The van der Waals surface area contributed by atoms with Gasteiger partial charge >= 0.3 is 0 Å². The molecule has 0 aliphatic carbocycles. The molecule has 4 heteroatoms. The second-order valence-corrected chi connectivity index (χ2v) is 4.03. The van der Waals surface area contributed by atoms with Crippen LogP contribution >= 0.6 is 0 Å². The summed E-state index contributed by atoms with van der Waals surface area (Å²) in [5.41, 5.74) is 1.68. The van der Waals surface area contributed by atoms with E-state index in [1.54, 1.807) is 4.68 Å². The minimum absolute atomic E-state index is 0.334. The lowest BCUT2D eigenvalue weighted by Gasteiger charge is -2.15. The summed E-state index contributed by atoms with van der Waals surface area (Å²) < 4.78 is 1.69. The Morgan fingerprint density at radius 1 is 1.56 bits per heavy atom. The molecule has 16 heavy (non-hydrogen) atoms. The Labute approximate surface area is 96.5 Å². The first kappa shape index (κ1) is 12.7. The van der Waals surface area contributed by atoms with Gasteiger partial charge in [-0.3, -0.25) is 4.68 Å². The van der Waals surface area contributed by atoms with Gasteiger partial charge < -0.3 is 5.11 Å². The minimum Gasteiger partial charge on any atom is -0.387 e. The monoisotopic (exact) mass is 221 g/mol. The quantitative estimate of drug-likeness (QED) is 0.826. The van der Waals surface area contributed by atoms with Crippen molar-refractivity contribution in [2.75, 3.05) is 0 Å². The van der Waals surface area contributed by atoms with Crippen molar-refractivity contribution in [3.8, 4) is 6.07 Å². The minimum atomic E-state index is -0.714. The third-order valence-electron chi connectivity index (χ3n) is 2.74. The van der Waals surface area contributed by atoms with E-state index in [4.69, 9.17) is 5.26 Å². The standard InChI is InChI=1S/C12H19N3O/c1-4-6-9(7-13)12(16)10-8-15(3)14-11(10)5-2/h8-9,12,16H,4-6H2,1-3H3. The molecular formula is C12H19N3O. The van der Waals surface area contributed by atoms with Crippen LogP contribution in [0.3, 0.4) is 0 Å². The molecule has 1 rings (SSSR count). The predicted molar refractivity (Wildman–Crippen MR) is 61.6 cm³/mol. The average Bonchev–Trinajstić information content (AvgIpc) is 2.66. The molecule has 1 N–H and O–H groups in total. The molecule has 1 heterocycles. The summed E-state index contributed by atoms with van der Waals surface area (Å²) in [5, 5.41) is 23.5. The normalized spacial score (nSPS) is 14.4. The fraction of sp³-hybridized carbons (Fsp3) is 0.667. The predicted octanol–water partition coefficient (Wildman–Crippen LogP) is 1.96. The zero-order valence-corrected chi connectivity index (χ0v) is 10.1. The van der Waals surface area contributed by atoms with Gasteiger partial charge in [-0.2, -0.15) is 10.4 Å². The van der Waals surface area contributed by atoms with Crippen LogP contribution in [0.15, 0.2) is 6.20 Å². The summed E-state index contributed by atoms with van der Waals surface area (Å²) in [6.45, 7) is 4.01. The molecule has 0 amide bonds. The highest BCUT2D eigenvalue weighted by Gasteiger charge is 2.23. The molecule has 88 valence electrons. The van der Waals surface area contributed by atoms with E-state index in [9.17, 15) is 5.11 Å². The van der Waals surface area contributed by atoms with Crippen molar-refractivity contribution in [2.45, 2.75) is 39.2 Å². The molecule has 0 saturated carbocycles. The number of aromatic nitrogens is 2. The van der Waals surface area contributed by atoms with E-state index in [1.165, 1.54) is 0 Å². The van der Waals surface area contributed by atoms with Crippen LogP contribution in [0, 0.1) is 17.2 Å². The molecule has 4 nitrogen and oxygen atoms in total. The van der Waals surface area contributed by atoms with Gasteiger partial charge in [0.05, 0.1) is 23.8 Å². The number of rotatable bonds is 5. The number of nitrogens with zero attached hydrogens (tertiary/aromatic N) is 3. The molecule has 0 spiro atoms. The van der Waals surface area contributed by atoms with E-state index >= 15 is 0 Å². The van der Waals surface area contributed by atoms with Gasteiger partial charge in [0, 0.05) is 18.8 Å². The molecule has 0 aliphatic heterocycles. The van der Waals surface area contributed by atoms with E-state index in [1.807, 2.05) is 27.1 Å². The number of aliphatic hydroxyl groups excluding tert-OH is 1. The molecule has 2 atom stereocenters. The Hall–Kier alpha value is -1.34. The number of nitriles is 1. The van der Waals surface area contributed by atoms with E-state index in [0.717, 1.165) is 30.5 Å². The van der Waals surface area contributed by atoms with E-state index < -0.39 is 6.10 Å². The maximum atomic E-state index is 10.2. The van der Waals surface area contributed by atoms with Crippen molar-refractivity contribution in [1.29, 1.82) is 5.26 Å². The summed E-state index contributed by atoms with van der Waals surface area (Å²) in [5.74, 6) is -0.334. The molecule has 0 aliphatic rings. The second kappa shape index (κ2) is 5.66. The highest BCUT2D eigenvalue weighted by atomic mass is 16.3. The zero-order chi connectivity index (χ0) is 12.1. The van der Waals surface area contributed by atoms with Gasteiger partial charge in [-0.25, -0.2) is 0 Å². The first-order valence-corrected chi connectivity index (χ1v) is 5.74. The van der Waals surface area contributed by atoms with Gasteiger partial charge in [0.15, 0.2) is 0 Å².